The van der Waals surface area contributed by atoms with Crippen LogP contribution in [0.25, 0.3) is 0 Å². The number of benzene rings is 1. The van der Waals surface area contributed by atoms with Crippen LogP contribution in [-0.4, -0.2) is 43.6 Å². The Kier molecular flexibility index (Phi) is 4.17. The molecule has 0 saturated carbocycles. The molecule has 2 saturated heterocycles. The molecule has 134 valence electrons. The fraction of sp³-hybridized carbons (Fsp3) is 0.368. The highest BCUT2D eigenvalue weighted by Gasteiger charge is 2.50. The van der Waals surface area contributed by atoms with Crippen molar-refractivity contribution in [1.82, 2.24) is 9.29 Å². The fourth-order valence-corrected chi connectivity index (χ4v) is 5.41. The van der Waals surface area contributed by atoms with Gasteiger partial charge in [-0.3, -0.25) is 0 Å². The van der Waals surface area contributed by atoms with E-state index in [0.717, 1.165) is 24.5 Å². The van der Waals surface area contributed by atoms with Crippen LogP contribution in [-0.2, 0) is 10.0 Å². The predicted molar refractivity (Wildman–Crippen MR) is 98.9 cm³/mol. The summed E-state index contributed by atoms with van der Waals surface area (Å²) in [5.74, 6) is 1.25. The minimum Gasteiger partial charge on any atom is -0.356 e. The van der Waals surface area contributed by atoms with E-state index in [1.54, 1.807) is 10.4 Å². The maximum atomic E-state index is 12.3. The van der Waals surface area contributed by atoms with Gasteiger partial charge in [0, 0.05) is 25.6 Å². The van der Waals surface area contributed by atoms with Gasteiger partial charge < -0.3 is 4.90 Å². The quantitative estimate of drug-likeness (QED) is 0.828. The van der Waals surface area contributed by atoms with Crippen LogP contribution >= 0.6 is 0 Å². The molecule has 0 unspecified atom stereocenters. The van der Waals surface area contributed by atoms with Crippen molar-refractivity contribution < 1.29 is 8.42 Å². The Morgan fingerprint density at radius 3 is 2.54 bits per heavy atom. The monoisotopic (exact) mass is 368 g/mol. The zero-order valence-electron chi connectivity index (χ0n) is 14.5. The summed E-state index contributed by atoms with van der Waals surface area (Å²) in [6.07, 6.45) is 1.29. The van der Waals surface area contributed by atoms with Gasteiger partial charge in [0.05, 0.1) is 12.3 Å². The van der Waals surface area contributed by atoms with E-state index in [4.69, 9.17) is 5.26 Å². The molecule has 1 aromatic carbocycles. The maximum absolute atomic E-state index is 12.3. The van der Waals surface area contributed by atoms with E-state index < -0.39 is 10.0 Å². The zero-order valence-corrected chi connectivity index (χ0v) is 15.3. The molecule has 26 heavy (non-hydrogen) atoms. The van der Waals surface area contributed by atoms with Gasteiger partial charge in [0.1, 0.15) is 17.6 Å². The number of aromatic nitrogens is 1. The second-order valence-electron chi connectivity index (χ2n) is 7.01. The summed E-state index contributed by atoms with van der Waals surface area (Å²) < 4.78 is 26.3. The van der Waals surface area contributed by atoms with Crippen LogP contribution in [0.5, 0.6) is 0 Å². The molecule has 4 rings (SSSR count). The third-order valence-corrected chi connectivity index (χ3v) is 6.59. The smallest absolute Gasteiger partial charge is 0.211 e. The molecule has 0 N–H and O–H groups in total. The molecule has 2 aliphatic heterocycles. The highest BCUT2D eigenvalue weighted by molar-refractivity contribution is 7.88. The van der Waals surface area contributed by atoms with E-state index >= 15 is 0 Å². The average Bonchev–Trinajstić information content (AvgIpc) is 3.20. The van der Waals surface area contributed by atoms with Crippen molar-refractivity contribution in [3.8, 4) is 6.07 Å². The summed E-state index contributed by atoms with van der Waals surface area (Å²) in [6, 6.07) is 17.2. The van der Waals surface area contributed by atoms with Crippen molar-refractivity contribution in [2.24, 2.45) is 11.8 Å². The molecule has 0 spiro atoms. The Balaban J connectivity index is 1.66. The molecule has 2 fully saturated rings. The number of pyridine rings is 1. The van der Waals surface area contributed by atoms with Crippen LogP contribution in [0.15, 0.2) is 48.5 Å². The number of hydrogen-bond acceptors (Lipinski definition) is 5. The van der Waals surface area contributed by atoms with Gasteiger partial charge in [0.2, 0.25) is 10.0 Å². The maximum Gasteiger partial charge on any atom is 0.211 e. The summed E-state index contributed by atoms with van der Waals surface area (Å²) in [6.45, 7) is 2.01. The second kappa shape index (κ2) is 6.38. The Morgan fingerprint density at radius 1 is 1.08 bits per heavy atom. The third kappa shape index (κ3) is 2.96. The lowest BCUT2D eigenvalue weighted by molar-refractivity contribution is 0.352. The van der Waals surface area contributed by atoms with Crippen LogP contribution in [0.2, 0.25) is 0 Å². The summed E-state index contributed by atoms with van der Waals surface area (Å²) in [4.78, 5) is 6.57. The molecule has 3 atom stereocenters. The summed E-state index contributed by atoms with van der Waals surface area (Å²) in [7, 11) is -3.28. The van der Waals surface area contributed by atoms with Gasteiger partial charge >= 0.3 is 0 Å². The van der Waals surface area contributed by atoms with Crippen molar-refractivity contribution in [3.05, 3.63) is 59.8 Å². The standard InChI is InChI=1S/C19H20N4O2S/c1-26(24,25)23-12-15-11-22(18-9-5-8-16(10-20)21-18)13-17(15)19(23)14-6-3-2-4-7-14/h2-9,15,17,19H,11-13H2,1H3/t15-,17-,19+/m1/s1. The molecule has 7 heteroatoms. The molecule has 2 aromatic rings. The molecule has 1 aromatic heterocycles. The van der Waals surface area contributed by atoms with Gasteiger partial charge in [0.25, 0.3) is 0 Å². The Labute approximate surface area is 153 Å². The molecule has 0 bridgehead atoms. The van der Waals surface area contributed by atoms with E-state index in [2.05, 4.69) is 16.0 Å². The second-order valence-corrected chi connectivity index (χ2v) is 8.95. The minimum atomic E-state index is -3.28. The molecule has 0 amide bonds. The summed E-state index contributed by atoms with van der Waals surface area (Å²) in [5, 5.41) is 9.08. The number of nitrogens with zero attached hydrogens (tertiary/aromatic N) is 4. The lowest BCUT2D eigenvalue weighted by Crippen LogP contribution is -2.35. The normalized spacial score (nSPS) is 25.8. The van der Waals surface area contributed by atoms with Crippen molar-refractivity contribution in [3.63, 3.8) is 0 Å². The zero-order chi connectivity index (χ0) is 18.3. The van der Waals surface area contributed by atoms with Crippen LogP contribution in [0, 0.1) is 23.2 Å². The first-order valence-electron chi connectivity index (χ1n) is 8.61. The number of sulfonamides is 1. The van der Waals surface area contributed by atoms with Crippen LogP contribution < -0.4 is 4.90 Å². The molecule has 3 heterocycles. The largest absolute Gasteiger partial charge is 0.356 e. The first kappa shape index (κ1) is 17.0. The van der Waals surface area contributed by atoms with Gasteiger partial charge in [0.15, 0.2) is 0 Å². The van der Waals surface area contributed by atoms with Crippen LogP contribution in [0.1, 0.15) is 17.3 Å². The number of hydrogen-bond donors (Lipinski definition) is 0. The lowest BCUT2D eigenvalue weighted by Gasteiger charge is -2.28. The Bertz CT molecular complexity index is 955. The minimum absolute atomic E-state index is 0.152. The predicted octanol–water partition coefficient (Wildman–Crippen LogP) is 2.02. The van der Waals surface area contributed by atoms with Crippen molar-refractivity contribution >= 4 is 15.8 Å². The van der Waals surface area contributed by atoms with Gasteiger partial charge in [-0.2, -0.15) is 9.57 Å². The molecule has 0 aliphatic carbocycles. The molecule has 0 radical (unpaired) electrons. The van der Waals surface area contributed by atoms with Crippen molar-refractivity contribution in [1.29, 1.82) is 5.26 Å². The van der Waals surface area contributed by atoms with Crippen LogP contribution in [0.3, 0.4) is 0 Å². The van der Waals surface area contributed by atoms with Crippen molar-refractivity contribution in [2.75, 3.05) is 30.8 Å². The number of anilines is 1. The molecule has 2 aliphatic rings. The number of nitriles is 1. The van der Waals surface area contributed by atoms with Crippen molar-refractivity contribution in [2.45, 2.75) is 6.04 Å². The highest BCUT2D eigenvalue weighted by Crippen LogP contribution is 2.46. The Hall–Kier alpha value is -2.43. The van der Waals surface area contributed by atoms with E-state index in [1.807, 2.05) is 42.5 Å². The highest BCUT2D eigenvalue weighted by atomic mass is 32.2. The topological polar surface area (TPSA) is 77.3 Å². The number of rotatable bonds is 3. The number of fused-ring (bicyclic) bond motifs is 1. The SMILES string of the molecule is CS(=O)(=O)N1C[C@H]2CN(c3cccc(C#N)n3)C[C@H]2[C@@H]1c1ccccc1. The summed E-state index contributed by atoms with van der Waals surface area (Å²) in [5.41, 5.74) is 1.43. The third-order valence-electron chi connectivity index (χ3n) is 5.36. The van der Waals surface area contributed by atoms with Gasteiger partial charge in [-0.05, 0) is 23.6 Å². The fourth-order valence-electron chi connectivity index (χ4n) is 4.26. The lowest BCUT2D eigenvalue weighted by atomic mass is 9.90. The van der Waals surface area contributed by atoms with Gasteiger partial charge in [-0.1, -0.05) is 36.4 Å². The first-order valence-corrected chi connectivity index (χ1v) is 10.5. The van der Waals surface area contributed by atoms with E-state index in [-0.39, 0.29) is 17.9 Å². The van der Waals surface area contributed by atoms with E-state index in [1.165, 1.54) is 6.26 Å². The van der Waals surface area contributed by atoms with Gasteiger partial charge in [-0.25, -0.2) is 13.4 Å². The average molecular weight is 368 g/mol. The molecular formula is C19H20N4O2S. The Morgan fingerprint density at radius 2 is 1.85 bits per heavy atom. The van der Waals surface area contributed by atoms with E-state index in [9.17, 15) is 8.42 Å². The molecule has 6 nitrogen and oxygen atoms in total. The van der Waals surface area contributed by atoms with E-state index in [0.29, 0.717) is 12.2 Å². The molecular weight excluding hydrogens is 348 g/mol. The van der Waals surface area contributed by atoms with Gasteiger partial charge in [-0.15, -0.1) is 0 Å². The van der Waals surface area contributed by atoms with Crippen LogP contribution in [0.4, 0.5) is 5.82 Å². The summed E-state index contributed by atoms with van der Waals surface area (Å²) >= 11 is 0. The first-order chi connectivity index (χ1) is 12.5.